The van der Waals surface area contributed by atoms with Crippen molar-refractivity contribution in [1.29, 1.82) is 0 Å². The fourth-order valence-electron chi connectivity index (χ4n) is 1.60. The van der Waals surface area contributed by atoms with Gasteiger partial charge in [-0.15, -0.1) is 0 Å². The standard InChI is InChI=1S/C13H14N2O2/c1-3-4-5-11-6-12(14-8-16)10(2)13(7-11)15-9-17/h6-7H,3-5H2,1-2H3. The molecule has 0 heterocycles. The molecule has 0 N–H and O–H groups in total. The molecule has 0 saturated carbocycles. The van der Waals surface area contributed by atoms with Crippen LogP contribution in [-0.4, -0.2) is 12.2 Å². The van der Waals surface area contributed by atoms with Crippen LogP contribution in [0.15, 0.2) is 22.1 Å². The van der Waals surface area contributed by atoms with Gasteiger partial charge in [-0.25, -0.2) is 9.59 Å². The van der Waals surface area contributed by atoms with E-state index in [9.17, 15) is 9.59 Å². The van der Waals surface area contributed by atoms with Crippen LogP contribution < -0.4 is 0 Å². The van der Waals surface area contributed by atoms with E-state index < -0.39 is 0 Å². The van der Waals surface area contributed by atoms with E-state index in [4.69, 9.17) is 0 Å². The number of isocyanates is 2. The maximum absolute atomic E-state index is 10.3. The van der Waals surface area contributed by atoms with Crippen molar-refractivity contribution in [3.05, 3.63) is 23.3 Å². The summed E-state index contributed by atoms with van der Waals surface area (Å²) in [6.45, 7) is 3.86. The summed E-state index contributed by atoms with van der Waals surface area (Å²) in [5.74, 6) is 0. The molecule has 0 amide bonds. The molecule has 17 heavy (non-hydrogen) atoms. The van der Waals surface area contributed by atoms with Crippen LogP contribution in [0.1, 0.15) is 30.9 Å². The van der Waals surface area contributed by atoms with E-state index in [1.807, 2.05) is 12.1 Å². The minimum absolute atomic E-state index is 0.516. The second-order valence-corrected chi connectivity index (χ2v) is 3.77. The molecule has 0 fully saturated rings. The number of aliphatic imine (C=N–C) groups is 2. The van der Waals surface area contributed by atoms with Crippen molar-refractivity contribution in [2.75, 3.05) is 0 Å². The van der Waals surface area contributed by atoms with Crippen LogP contribution in [0.25, 0.3) is 0 Å². The zero-order valence-corrected chi connectivity index (χ0v) is 9.99. The second kappa shape index (κ2) is 6.54. The number of unbranched alkanes of at least 4 members (excludes halogenated alkanes) is 1. The molecule has 0 aliphatic heterocycles. The summed E-state index contributed by atoms with van der Waals surface area (Å²) in [4.78, 5) is 27.9. The first-order chi connectivity index (χ1) is 8.22. The van der Waals surface area contributed by atoms with E-state index >= 15 is 0 Å². The predicted molar refractivity (Wildman–Crippen MR) is 65.4 cm³/mol. The third-order valence-electron chi connectivity index (χ3n) is 2.56. The van der Waals surface area contributed by atoms with Crippen molar-refractivity contribution in [2.45, 2.75) is 33.1 Å². The van der Waals surface area contributed by atoms with Gasteiger partial charge in [0.1, 0.15) is 0 Å². The Bertz CT molecular complexity index is 457. The molecule has 1 aromatic carbocycles. The molecule has 0 unspecified atom stereocenters. The molecule has 1 aromatic rings. The Labute approximate surface area is 100 Å². The fourth-order valence-corrected chi connectivity index (χ4v) is 1.60. The van der Waals surface area contributed by atoms with Crippen molar-refractivity contribution in [1.82, 2.24) is 0 Å². The minimum atomic E-state index is 0.516. The quantitative estimate of drug-likeness (QED) is 0.575. The van der Waals surface area contributed by atoms with E-state index in [0.717, 1.165) is 24.8 Å². The highest BCUT2D eigenvalue weighted by Crippen LogP contribution is 2.30. The van der Waals surface area contributed by atoms with Gasteiger partial charge in [0.15, 0.2) is 0 Å². The lowest BCUT2D eigenvalue weighted by molar-refractivity contribution is 0.565. The lowest BCUT2D eigenvalue weighted by atomic mass is 10.0. The van der Waals surface area contributed by atoms with Gasteiger partial charge in [0, 0.05) is 5.56 Å². The lowest BCUT2D eigenvalue weighted by Crippen LogP contribution is -1.87. The molecule has 0 atom stereocenters. The van der Waals surface area contributed by atoms with Crippen LogP contribution in [0.5, 0.6) is 0 Å². The van der Waals surface area contributed by atoms with E-state index in [2.05, 4.69) is 16.9 Å². The van der Waals surface area contributed by atoms with Gasteiger partial charge in [0.05, 0.1) is 11.4 Å². The maximum atomic E-state index is 10.3. The summed E-state index contributed by atoms with van der Waals surface area (Å²) in [5.41, 5.74) is 2.74. The zero-order chi connectivity index (χ0) is 12.7. The molecule has 0 radical (unpaired) electrons. The number of nitrogens with zero attached hydrogens (tertiary/aromatic N) is 2. The summed E-state index contributed by atoms with van der Waals surface area (Å²) >= 11 is 0. The summed E-state index contributed by atoms with van der Waals surface area (Å²) in [7, 11) is 0. The number of aryl methyl sites for hydroxylation is 1. The monoisotopic (exact) mass is 230 g/mol. The number of carbonyl (C=O) groups excluding carboxylic acids is 2. The van der Waals surface area contributed by atoms with E-state index in [0.29, 0.717) is 16.9 Å². The number of hydrogen-bond donors (Lipinski definition) is 0. The van der Waals surface area contributed by atoms with Crippen molar-refractivity contribution >= 4 is 23.5 Å². The molecule has 4 heteroatoms. The van der Waals surface area contributed by atoms with Crippen LogP contribution in [0.4, 0.5) is 11.4 Å². The normalized spacial score (nSPS) is 9.29. The second-order valence-electron chi connectivity index (χ2n) is 3.77. The molecule has 4 nitrogen and oxygen atoms in total. The van der Waals surface area contributed by atoms with Gasteiger partial charge in [-0.05, 0) is 37.5 Å². The van der Waals surface area contributed by atoms with Crippen LogP contribution in [0, 0.1) is 6.92 Å². The minimum Gasteiger partial charge on any atom is -0.211 e. The largest absolute Gasteiger partial charge is 0.240 e. The molecular weight excluding hydrogens is 216 g/mol. The third-order valence-corrected chi connectivity index (χ3v) is 2.56. The smallest absolute Gasteiger partial charge is 0.211 e. The van der Waals surface area contributed by atoms with Crippen molar-refractivity contribution in [2.24, 2.45) is 9.98 Å². The fraction of sp³-hybridized carbons (Fsp3) is 0.385. The Morgan fingerprint density at radius 2 is 1.65 bits per heavy atom. The lowest BCUT2D eigenvalue weighted by Gasteiger charge is -2.06. The van der Waals surface area contributed by atoms with Crippen molar-refractivity contribution in [3.63, 3.8) is 0 Å². The van der Waals surface area contributed by atoms with E-state index in [1.165, 1.54) is 12.2 Å². The van der Waals surface area contributed by atoms with E-state index in [1.54, 1.807) is 6.92 Å². The molecule has 0 spiro atoms. The number of hydrogen-bond acceptors (Lipinski definition) is 4. The topological polar surface area (TPSA) is 58.9 Å². The van der Waals surface area contributed by atoms with Crippen molar-refractivity contribution in [3.8, 4) is 0 Å². The Morgan fingerprint density at radius 1 is 1.12 bits per heavy atom. The van der Waals surface area contributed by atoms with Gasteiger partial charge in [-0.1, -0.05) is 13.3 Å². The SMILES string of the molecule is CCCCc1cc(N=C=O)c(C)c(N=C=O)c1. The van der Waals surface area contributed by atoms with Gasteiger partial charge < -0.3 is 0 Å². The summed E-state index contributed by atoms with van der Waals surface area (Å²) in [5, 5.41) is 0. The van der Waals surface area contributed by atoms with Crippen LogP contribution >= 0.6 is 0 Å². The average Bonchev–Trinajstić information content (AvgIpc) is 2.32. The molecular formula is C13H14N2O2. The van der Waals surface area contributed by atoms with E-state index in [-0.39, 0.29) is 0 Å². The van der Waals surface area contributed by atoms with Gasteiger partial charge in [0.25, 0.3) is 0 Å². The van der Waals surface area contributed by atoms with Gasteiger partial charge in [-0.3, -0.25) is 0 Å². The maximum Gasteiger partial charge on any atom is 0.240 e. The highest BCUT2D eigenvalue weighted by atomic mass is 16.1. The van der Waals surface area contributed by atoms with Crippen LogP contribution in [-0.2, 0) is 16.0 Å². The summed E-state index contributed by atoms with van der Waals surface area (Å²) in [6, 6.07) is 3.67. The first-order valence-corrected chi connectivity index (χ1v) is 5.52. The molecule has 0 aliphatic rings. The first kappa shape index (κ1) is 13.0. The molecule has 0 aliphatic carbocycles. The Balaban J connectivity index is 3.25. The van der Waals surface area contributed by atoms with Crippen LogP contribution in [0.3, 0.4) is 0 Å². The Kier molecular flexibility index (Phi) is 5.02. The van der Waals surface area contributed by atoms with Gasteiger partial charge in [0.2, 0.25) is 12.2 Å². The molecule has 1 rings (SSSR count). The highest BCUT2D eigenvalue weighted by molar-refractivity contribution is 5.66. The number of rotatable bonds is 5. The third kappa shape index (κ3) is 3.49. The molecule has 0 bridgehead atoms. The Hall–Kier alpha value is -2.02. The summed E-state index contributed by atoms with van der Waals surface area (Å²) in [6.07, 6.45) is 6.01. The highest BCUT2D eigenvalue weighted by Gasteiger charge is 2.06. The molecule has 0 aromatic heterocycles. The average molecular weight is 230 g/mol. The van der Waals surface area contributed by atoms with Crippen molar-refractivity contribution < 1.29 is 9.59 Å². The van der Waals surface area contributed by atoms with Gasteiger partial charge >= 0.3 is 0 Å². The first-order valence-electron chi connectivity index (χ1n) is 5.52. The van der Waals surface area contributed by atoms with Crippen LogP contribution in [0.2, 0.25) is 0 Å². The molecule has 0 saturated heterocycles. The van der Waals surface area contributed by atoms with Gasteiger partial charge in [-0.2, -0.15) is 9.98 Å². The zero-order valence-electron chi connectivity index (χ0n) is 9.99. The number of benzene rings is 1. The summed E-state index contributed by atoms with van der Waals surface area (Å²) < 4.78 is 0. The molecule has 88 valence electrons. The Morgan fingerprint density at radius 3 is 2.06 bits per heavy atom. The predicted octanol–water partition coefficient (Wildman–Crippen LogP) is 3.27.